The first-order valence-electron chi connectivity index (χ1n) is 7.28. The summed E-state index contributed by atoms with van der Waals surface area (Å²) in [5, 5.41) is 0. The van der Waals surface area contributed by atoms with Gasteiger partial charge in [0.2, 0.25) is 0 Å². The van der Waals surface area contributed by atoms with E-state index in [4.69, 9.17) is 4.74 Å². The number of anilines is 1. The van der Waals surface area contributed by atoms with E-state index in [0.29, 0.717) is 5.41 Å². The number of para-hydroxylation sites is 1. The first-order valence-corrected chi connectivity index (χ1v) is 7.28. The predicted octanol–water partition coefficient (Wildman–Crippen LogP) is 3.75. The molecule has 0 radical (unpaired) electrons. The van der Waals surface area contributed by atoms with Crippen LogP contribution in [0.1, 0.15) is 24.0 Å². The average Bonchev–Trinajstić information content (AvgIpc) is 3.21. The minimum absolute atomic E-state index is 0.475. The monoisotopic (exact) mass is 265 g/mol. The standard InChI is InChI=1S/C18H19NO/c1-20-15-8-6-14(7-9-15)12-19-13-18(10-11-18)16-4-2-3-5-17(16)19/h2-9H,10-13H2,1H3. The van der Waals surface area contributed by atoms with Crippen molar-refractivity contribution < 1.29 is 4.74 Å². The number of nitrogens with zero attached hydrogens (tertiary/aromatic N) is 1. The smallest absolute Gasteiger partial charge is 0.118 e. The summed E-state index contributed by atoms with van der Waals surface area (Å²) in [6, 6.07) is 17.3. The summed E-state index contributed by atoms with van der Waals surface area (Å²) in [5.74, 6) is 0.925. The lowest BCUT2D eigenvalue weighted by atomic mass is 9.99. The van der Waals surface area contributed by atoms with Gasteiger partial charge in [0.1, 0.15) is 5.75 Å². The topological polar surface area (TPSA) is 12.5 Å². The molecule has 0 aromatic heterocycles. The summed E-state index contributed by atoms with van der Waals surface area (Å²) in [7, 11) is 1.71. The van der Waals surface area contributed by atoms with Gasteiger partial charge in [0.15, 0.2) is 0 Å². The van der Waals surface area contributed by atoms with Gasteiger partial charge in [-0.25, -0.2) is 0 Å². The first kappa shape index (κ1) is 11.8. The molecule has 4 rings (SSSR count). The largest absolute Gasteiger partial charge is 0.497 e. The van der Waals surface area contributed by atoms with Crippen molar-refractivity contribution in [2.24, 2.45) is 0 Å². The van der Waals surface area contributed by atoms with Gasteiger partial charge < -0.3 is 9.64 Å². The van der Waals surface area contributed by atoms with E-state index in [1.807, 2.05) is 12.1 Å². The third-order valence-corrected chi connectivity index (χ3v) is 4.70. The molecule has 0 amide bonds. The summed E-state index contributed by atoms with van der Waals surface area (Å²) < 4.78 is 5.22. The van der Waals surface area contributed by atoms with Crippen LogP contribution in [-0.2, 0) is 12.0 Å². The van der Waals surface area contributed by atoms with Gasteiger partial charge in [-0.05, 0) is 42.2 Å². The Hall–Kier alpha value is -1.96. The van der Waals surface area contributed by atoms with Crippen molar-refractivity contribution in [1.29, 1.82) is 0 Å². The van der Waals surface area contributed by atoms with E-state index in [9.17, 15) is 0 Å². The van der Waals surface area contributed by atoms with Crippen LogP contribution in [0, 0.1) is 0 Å². The maximum absolute atomic E-state index is 5.22. The molecule has 1 aliphatic heterocycles. The highest BCUT2D eigenvalue weighted by atomic mass is 16.5. The number of ether oxygens (including phenoxy) is 1. The number of hydrogen-bond donors (Lipinski definition) is 0. The van der Waals surface area contributed by atoms with Crippen LogP contribution >= 0.6 is 0 Å². The molecule has 20 heavy (non-hydrogen) atoms. The van der Waals surface area contributed by atoms with E-state index in [1.54, 1.807) is 12.7 Å². The van der Waals surface area contributed by atoms with E-state index in [0.717, 1.165) is 12.3 Å². The maximum Gasteiger partial charge on any atom is 0.118 e. The Labute approximate surface area is 120 Å². The van der Waals surface area contributed by atoms with Crippen molar-refractivity contribution in [3.05, 3.63) is 59.7 Å². The molecule has 2 aromatic rings. The van der Waals surface area contributed by atoms with E-state index in [-0.39, 0.29) is 0 Å². The fraction of sp³-hybridized carbons (Fsp3) is 0.333. The zero-order chi connectivity index (χ0) is 13.6. The zero-order valence-electron chi connectivity index (χ0n) is 11.8. The van der Waals surface area contributed by atoms with Crippen LogP contribution in [0.4, 0.5) is 5.69 Å². The minimum Gasteiger partial charge on any atom is -0.497 e. The van der Waals surface area contributed by atoms with Crippen molar-refractivity contribution in [3.8, 4) is 5.75 Å². The van der Waals surface area contributed by atoms with E-state index >= 15 is 0 Å². The molecule has 2 heteroatoms. The minimum atomic E-state index is 0.475. The SMILES string of the molecule is COc1ccc(CN2CC3(CC3)c3ccccc32)cc1. The van der Waals surface area contributed by atoms with Crippen LogP contribution in [0.5, 0.6) is 5.75 Å². The molecule has 1 fully saturated rings. The quantitative estimate of drug-likeness (QED) is 0.838. The van der Waals surface area contributed by atoms with Gasteiger partial charge in [-0.1, -0.05) is 30.3 Å². The molecule has 1 heterocycles. The van der Waals surface area contributed by atoms with Crippen molar-refractivity contribution >= 4 is 5.69 Å². The van der Waals surface area contributed by atoms with Gasteiger partial charge >= 0.3 is 0 Å². The van der Waals surface area contributed by atoms with E-state index < -0.39 is 0 Å². The highest BCUT2D eigenvalue weighted by molar-refractivity contribution is 5.65. The molecule has 0 unspecified atom stereocenters. The number of fused-ring (bicyclic) bond motifs is 2. The number of rotatable bonds is 3. The molecule has 2 aromatic carbocycles. The summed E-state index contributed by atoms with van der Waals surface area (Å²) in [6.07, 6.45) is 2.70. The molecule has 0 N–H and O–H groups in total. The van der Waals surface area contributed by atoms with E-state index in [2.05, 4.69) is 41.3 Å². The Morgan fingerprint density at radius 3 is 2.50 bits per heavy atom. The van der Waals surface area contributed by atoms with Crippen LogP contribution in [0.15, 0.2) is 48.5 Å². The van der Waals surface area contributed by atoms with E-state index in [1.165, 1.54) is 30.6 Å². The van der Waals surface area contributed by atoms with Gasteiger partial charge in [0, 0.05) is 24.2 Å². The van der Waals surface area contributed by atoms with Crippen molar-refractivity contribution in [1.82, 2.24) is 0 Å². The fourth-order valence-corrected chi connectivity index (χ4v) is 3.40. The second kappa shape index (κ2) is 4.27. The highest BCUT2D eigenvalue weighted by Crippen LogP contribution is 2.56. The fourth-order valence-electron chi connectivity index (χ4n) is 3.40. The van der Waals surface area contributed by atoms with Crippen LogP contribution in [0.25, 0.3) is 0 Å². The summed E-state index contributed by atoms with van der Waals surface area (Å²) in [4.78, 5) is 2.53. The predicted molar refractivity (Wildman–Crippen MR) is 81.4 cm³/mol. The molecular formula is C18H19NO. The lowest BCUT2D eigenvalue weighted by molar-refractivity contribution is 0.414. The van der Waals surface area contributed by atoms with Crippen LogP contribution in [-0.4, -0.2) is 13.7 Å². The van der Waals surface area contributed by atoms with Crippen molar-refractivity contribution in [2.75, 3.05) is 18.6 Å². The number of methoxy groups -OCH3 is 1. The average molecular weight is 265 g/mol. The number of hydrogen-bond acceptors (Lipinski definition) is 2. The van der Waals surface area contributed by atoms with Gasteiger partial charge in [0.25, 0.3) is 0 Å². The Kier molecular flexibility index (Phi) is 2.53. The Balaban J connectivity index is 1.60. The summed E-state index contributed by atoms with van der Waals surface area (Å²) >= 11 is 0. The van der Waals surface area contributed by atoms with Crippen LogP contribution in [0.3, 0.4) is 0 Å². The Morgan fingerprint density at radius 1 is 1.05 bits per heavy atom. The molecule has 102 valence electrons. The Bertz CT molecular complexity index is 628. The lowest BCUT2D eigenvalue weighted by Crippen LogP contribution is -2.23. The molecule has 2 aliphatic rings. The normalized spacial score (nSPS) is 18.1. The second-order valence-electron chi connectivity index (χ2n) is 6.00. The molecule has 1 saturated carbocycles. The highest BCUT2D eigenvalue weighted by Gasteiger charge is 2.51. The molecule has 2 nitrogen and oxygen atoms in total. The van der Waals surface area contributed by atoms with Crippen molar-refractivity contribution in [2.45, 2.75) is 24.8 Å². The lowest BCUT2D eigenvalue weighted by Gasteiger charge is -2.20. The third kappa shape index (κ3) is 1.79. The molecule has 1 spiro atoms. The van der Waals surface area contributed by atoms with Gasteiger partial charge in [-0.15, -0.1) is 0 Å². The maximum atomic E-state index is 5.22. The molecule has 0 saturated heterocycles. The van der Waals surface area contributed by atoms with Gasteiger partial charge in [0.05, 0.1) is 7.11 Å². The Morgan fingerprint density at radius 2 is 1.80 bits per heavy atom. The molecule has 0 bridgehead atoms. The summed E-state index contributed by atoms with van der Waals surface area (Å²) in [6.45, 7) is 2.17. The third-order valence-electron chi connectivity index (χ3n) is 4.70. The second-order valence-corrected chi connectivity index (χ2v) is 6.00. The van der Waals surface area contributed by atoms with Crippen LogP contribution < -0.4 is 9.64 Å². The first-order chi connectivity index (χ1) is 9.81. The molecule has 1 aliphatic carbocycles. The molecule has 0 atom stereocenters. The van der Waals surface area contributed by atoms with Gasteiger partial charge in [-0.2, -0.15) is 0 Å². The van der Waals surface area contributed by atoms with Crippen molar-refractivity contribution in [3.63, 3.8) is 0 Å². The van der Waals surface area contributed by atoms with Gasteiger partial charge in [-0.3, -0.25) is 0 Å². The molecular weight excluding hydrogens is 246 g/mol. The zero-order valence-corrected chi connectivity index (χ0v) is 11.8. The van der Waals surface area contributed by atoms with Crippen LogP contribution in [0.2, 0.25) is 0 Å². The summed E-state index contributed by atoms with van der Waals surface area (Å²) in [5.41, 5.74) is 4.82. The number of benzene rings is 2.